The summed E-state index contributed by atoms with van der Waals surface area (Å²) in [5.41, 5.74) is 10.4. The van der Waals surface area contributed by atoms with E-state index in [1.54, 1.807) is 18.3 Å². The first-order valence-corrected chi connectivity index (χ1v) is 14.3. The Bertz CT molecular complexity index is 1480. The van der Waals surface area contributed by atoms with E-state index < -0.39 is 6.16 Å². The molecular weight excluding hydrogens is 520 g/mol. The van der Waals surface area contributed by atoms with E-state index in [4.69, 9.17) is 20.0 Å². The second-order valence-corrected chi connectivity index (χ2v) is 10.7. The van der Waals surface area contributed by atoms with E-state index in [9.17, 15) is 4.79 Å². The Kier molecular flexibility index (Phi) is 8.02. The fraction of sp³-hybridized carbons (Fsp3) is 0.387. The van der Waals surface area contributed by atoms with E-state index in [0.717, 1.165) is 65.9 Å². The van der Waals surface area contributed by atoms with Crippen molar-refractivity contribution in [1.29, 1.82) is 0 Å². The molecule has 2 aromatic carbocycles. The molecule has 0 atom stereocenters. The molecule has 3 heterocycles. The Balaban J connectivity index is 1.11. The van der Waals surface area contributed by atoms with Gasteiger partial charge in [0.1, 0.15) is 30.1 Å². The Labute approximate surface area is 239 Å². The van der Waals surface area contributed by atoms with Crippen LogP contribution in [-0.2, 0) is 16.2 Å². The van der Waals surface area contributed by atoms with Gasteiger partial charge in [-0.1, -0.05) is 42.5 Å². The minimum atomic E-state index is -0.628. The lowest BCUT2D eigenvalue weighted by Crippen LogP contribution is -2.49. The van der Waals surface area contributed by atoms with Crippen LogP contribution in [0.3, 0.4) is 0 Å². The SMILES string of the molecule is CCOC(=O)ON1CCN(CC2CC(n3cc(-c4cccc(OCc5ccccc5)c4)c4c(N)ncnc43)C2)CC1. The fourth-order valence-electron chi connectivity index (χ4n) is 5.79. The molecule has 0 radical (unpaired) electrons. The van der Waals surface area contributed by atoms with Crippen LogP contribution in [0.15, 0.2) is 67.1 Å². The molecule has 41 heavy (non-hydrogen) atoms. The van der Waals surface area contributed by atoms with Crippen molar-refractivity contribution in [3.05, 3.63) is 72.7 Å². The van der Waals surface area contributed by atoms with Crippen LogP contribution in [-0.4, -0.2) is 70.0 Å². The van der Waals surface area contributed by atoms with Gasteiger partial charge < -0.3 is 29.5 Å². The number of hydrogen-bond acceptors (Lipinski definition) is 9. The van der Waals surface area contributed by atoms with Gasteiger partial charge in [-0.25, -0.2) is 14.8 Å². The zero-order chi connectivity index (χ0) is 28.2. The van der Waals surface area contributed by atoms with Gasteiger partial charge in [-0.2, -0.15) is 0 Å². The lowest BCUT2D eigenvalue weighted by atomic mass is 9.79. The number of carbonyl (C=O) groups excluding carboxylic acids is 1. The van der Waals surface area contributed by atoms with Crippen LogP contribution in [0, 0.1) is 5.92 Å². The third-order valence-corrected chi connectivity index (χ3v) is 7.95. The molecule has 0 unspecified atom stereocenters. The van der Waals surface area contributed by atoms with Crippen LogP contribution in [0.4, 0.5) is 10.6 Å². The van der Waals surface area contributed by atoms with Crippen LogP contribution in [0.5, 0.6) is 5.75 Å². The highest BCUT2D eigenvalue weighted by Crippen LogP contribution is 2.43. The molecule has 1 saturated heterocycles. The average Bonchev–Trinajstić information content (AvgIpc) is 3.36. The molecule has 6 rings (SSSR count). The predicted octanol–water partition coefficient (Wildman–Crippen LogP) is 4.92. The number of aromatic nitrogens is 3. The summed E-state index contributed by atoms with van der Waals surface area (Å²) in [5, 5.41) is 2.58. The van der Waals surface area contributed by atoms with Crippen molar-refractivity contribution in [3.63, 3.8) is 0 Å². The number of fused-ring (bicyclic) bond motifs is 1. The van der Waals surface area contributed by atoms with Crippen molar-refractivity contribution < 1.29 is 19.1 Å². The molecule has 1 saturated carbocycles. The van der Waals surface area contributed by atoms with E-state index in [2.05, 4.69) is 49.9 Å². The highest BCUT2D eigenvalue weighted by atomic mass is 16.8. The second kappa shape index (κ2) is 12.2. The summed E-state index contributed by atoms with van der Waals surface area (Å²) in [6, 6.07) is 18.6. The molecule has 10 nitrogen and oxygen atoms in total. The van der Waals surface area contributed by atoms with Crippen LogP contribution < -0.4 is 10.5 Å². The smallest absolute Gasteiger partial charge is 0.489 e. The van der Waals surface area contributed by atoms with Crippen molar-refractivity contribution in [2.24, 2.45) is 5.92 Å². The molecule has 2 fully saturated rings. The van der Waals surface area contributed by atoms with E-state index in [-0.39, 0.29) is 0 Å². The lowest BCUT2D eigenvalue weighted by Gasteiger charge is -2.41. The van der Waals surface area contributed by atoms with Crippen LogP contribution >= 0.6 is 0 Å². The van der Waals surface area contributed by atoms with Gasteiger partial charge in [0.05, 0.1) is 12.0 Å². The maximum atomic E-state index is 11.6. The molecular formula is C31H36N6O4. The van der Waals surface area contributed by atoms with Crippen LogP contribution in [0.2, 0.25) is 0 Å². The van der Waals surface area contributed by atoms with Crippen molar-refractivity contribution in [3.8, 4) is 16.9 Å². The van der Waals surface area contributed by atoms with E-state index in [1.165, 1.54) is 0 Å². The topological polar surface area (TPSA) is 108 Å². The van der Waals surface area contributed by atoms with E-state index in [1.807, 2.05) is 30.3 Å². The van der Waals surface area contributed by atoms with Crippen LogP contribution in [0.1, 0.15) is 31.4 Å². The largest absolute Gasteiger partial charge is 0.527 e. The molecule has 0 spiro atoms. The standard InChI is InChI=1S/C31H36N6O4/c1-2-39-31(38)41-36-13-11-35(12-14-36)18-23-15-25(16-23)37-19-27(28-29(32)33-21-34-30(28)37)24-9-6-10-26(17-24)40-20-22-7-4-3-5-8-22/h3-10,17,19,21,23,25H,2,11-16,18,20H2,1H3,(H2,32,33,34). The molecule has 214 valence electrons. The van der Waals surface area contributed by atoms with Gasteiger partial charge in [0.15, 0.2) is 0 Å². The van der Waals surface area contributed by atoms with Crippen molar-refractivity contribution in [1.82, 2.24) is 24.5 Å². The fourth-order valence-corrected chi connectivity index (χ4v) is 5.79. The van der Waals surface area contributed by atoms with E-state index >= 15 is 0 Å². The number of ether oxygens (including phenoxy) is 2. The number of nitrogens with two attached hydrogens (primary N) is 1. The Hall–Kier alpha value is -4.15. The molecule has 1 aliphatic carbocycles. The van der Waals surface area contributed by atoms with Crippen molar-refractivity contribution in [2.45, 2.75) is 32.4 Å². The second-order valence-electron chi connectivity index (χ2n) is 10.7. The average molecular weight is 557 g/mol. The normalized spacial score (nSPS) is 19.5. The first-order chi connectivity index (χ1) is 20.1. The number of piperazine rings is 1. The molecule has 0 bridgehead atoms. The summed E-state index contributed by atoms with van der Waals surface area (Å²) in [4.78, 5) is 28.2. The number of rotatable bonds is 9. The van der Waals surface area contributed by atoms with Gasteiger partial charge in [0, 0.05) is 50.5 Å². The van der Waals surface area contributed by atoms with Gasteiger partial charge in [0.2, 0.25) is 0 Å². The summed E-state index contributed by atoms with van der Waals surface area (Å²) in [6.45, 7) is 6.73. The third kappa shape index (κ3) is 6.13. The highest BCUT2D eigenvalue weighted by Gasteiger charge is 2.34. The maximum Gasteiger partial charge on any atom is 0.527 e. The first kappa shape index (κ1) is 27.0. The number of hydrogen-bond donors (Lipinski definition) is 1. The molecule has 10 heteroatoms. The minimum Gasteiger partial charge on any atom is -0.489 e. The zero-order valence-corrected chi connectivity index (χ0v) is 23.3. The highest BCUT2D eigenvalue weighted by molar-refractivity contribution is 6.00. The summed E-state index contributed by atoms with van der Waals surface area (Å²) in [6.07, 6.45) is 5.25. The van der Waals surface area contributed by atoms with Gasteiger partial charge >= 0.3 is 6.16 Å². The lowest BCUT2D eigenvalue weighted by molar-refractivity contribution is -0.147. The van der Waals surface area contributed by atoms with Gasteiger partial charge in [0.25, 0.3) is 0 Å². The monoisotopic (exact) mass is 556 g/mol. The van der Waals surface area contributed by atoms with Gasteiger partial charge in [-0.05, 0) is 48.9 Å². The van der Waals surface area contributed by atoms with E-state index in [0.29, 0.717) is 44.1 Å². The van der Waals surface area contributed by atoms with Crippen molar-refractivity contribution >= 4 is 23.0 Å². The number of anilines is 1. The zero-order valence-electron chi connectivity index (χ0n) is 23.3. The maximum absolute atomic E-state index is 11.6. The van der Waals surface area contributed by atoms with Crippen LogP contribution in [0.25, 0.3) is 22.2 Å². The Morgan fingerprint density at radius 1 is 1.02 bits per heavy atom. The van der Waals surface area contributed by atoms with Gasteiger partial charge in [-0.15, -0.1) is 5.06 Å². The summed E-state index contributed by atoms with van der Waals surface area (Å²) in [5.74, 6) is 1.89. The molecule has 2 aliphatic rings. The minimum absolute atomic E-state index is 0.313. The predicted molar refractivity (Wildman–Crippen MR) is 156 cm³/mol. The molecule has 2 aromatic heterocycles. The number of nitrogen functional groups attached to an aromatic ring is 1. The molecule has 1 aliphatic heterocycles. The number of nitrogens with zero attached hydrogens (tertiary/aromatic N) is 5. The Morgan fingerprint density at radius 3 is 2.61 bits per heavy atom. The summed E-state index contributed by atoms with van der Waals surface area (Å²) >= 11 is 0. The number of hydroxylamine groups is 2. The first-order valence-electron chi connectivity index (χ1n) is 14.3. The number of carbonyl (C=O) groups is 1. The molecule has 0 amide bonds. The van der Waals surface area contributed by atoms with Gasteiger partial charge in [-0.3, -0.25) is 0 Å². The Morgan fingerprint density at radius 2 is 1.83 bits per heavy atom. The molecule has 4 aromatic rings. The third-order valence-electron chi connectivity index (χ3n) is 7.95. The van der Waals surface area contributed by atoms with Crippen molar-refractivity contribution in [2.75, 3.05) is 45.1 Å². The summed E-state index contributed by atoms with van der Waals surface area (Å²) in [7, 11) is 0. The molecule has 2 N–H and O–H groups in total. The quantitative estimate of drug-likeness (QED) is 0.288. The summed E-state index contributed by atoms with van der Waals surface area (Å²) < 4.78 is 13.3. The number of benzene rings is 2.